The zero-order chi connectivity index (χ0) is 14.1. The van der Waals surface area contributed by atoms with E-state index in [-0.39, 0.29) is 25.0 Å². The van der Waals surface area contributed by atoms with Gasteiger partial charge in [0.1, 0.15) is 0 Å². The monoisotopic (exact) mass is 276 g/mol. The number of hydrogen-bond acceptors (Lipinski definition) is 3. The number of nitrogens with one attached hydrogen (secondary N) is 1. The molecule has 0 aromatic rings. The van der Waals surface area contributed by atoms with Crippen LogP contribution in [0, 0.1) is 0 Å². The maximum atomic E-state index is 11.9. The average molecular weight is 276 g/mol. The van der Waals surface area contributed by atoms with Crippen molar-refractivity contribution in [2.45, 2.75) is 44.9 Å². The Balaban J connectivity index is 4.10. The molecule has 0 bridgehead atoms. The highest BCUT2D eigenvalue weighted by molar-refractivity contribution is 7.99. The molecule has 18 heavy (non-hydrogen) atoms. The molecule has 1 atom stereocenters. The fraction of sp³-hybridized carbons (Fsp3) is 0.833. The minimum atomic E-state index is -0.885. The summed E-state index contributed by atoms with van der Waals surface area (Å²) >= 11 is 1.76. The van der Waals surface area contributed by atoms with E-state index < -0.39 is 5.97 Å². The number of amides is 2. The van der Waals surface area contributed by atoms with E-state index in [0.29, 0.717) is 11.8 Å². The third-order valence-electron chi connectivity index (χ3n) is 2.68. The van der Waals surface area contributed by atoms with Crippen molar-refractivity contribution in [2.24, 2.45) is 0 Å². The van der Waals surface area contributed by atoms with Gasteiger partial charge in [-0.25, -0.2) is 4.79 Å². The molecule has 0 heterocycles. The molecule has 0 aromatic carbocycles. The number of aliphatic carboxylic acids is 1. The largest absolute Gasteiger partial charge is 0.481 e. The first-order valence-corrected chi connectivity index (χ1v) is 7.46. The smallest absolute Gasteiger partial charge is 0.317 e. The number of rotatable bonds is 8. The van der Waals surface area contributed by atoms with Crippen molar-refractivity contribution in [3.63, 3.8) is 0 Å². The Bertz CT molecular complexity index is 272. The van der Waals surface area contributed by atoms with Crippen molar-refractivity contribution in [1.82, 2.24) is 10.2 Å². The third-order valence-corrected chi connectivity index (χ3v) is 3.72. The van der Waals surface area contributed by atoms with Gasteiger partial charge in [0.05, 0.1) is 6.42 Å². The van der Waals surface area contributed by atoms with Crippen molar-refractivity contribution in [3.8, 4) is 0 Å². The van der Waals surface area contributed by atoms with Crippen LogP contribution in [0.15, 0.2) is 0 Å². The molecule has 2 amide bonds. The van der Waals surface area contributed by atoms with E-state index in [4.69, 9.17) is 5.11 Å². The van der Waals surface area contributed by atoms with Gasteiger partial charge in [-0.3, -0.25) is 4.79 Å². The van der Waals surface area contributed by atoms with Crippen LogP contribution < -0.4 is 5.32 Å². The van der Waals surface area contributed by atoms with Crippen LogP contribution >= 0.6 is 11.8 Å². The Hall–Kier alpha value is -0.910. The van der Waals surface area contributed by atoms with Gasteiger partial charge in [0.2, 0.25) is 0 Å². The van der Waals surface area contributed by atoms with Gasteiger partial charge < -0.3 is 15.3 Å². The number of thioether (sulfide) groups is 1. The second kappa shape index (κ2) is 9.08. The summed E-state index contributed by atoms with van der Waals surface area (Å²) in [6.07, 6.45) is 2.93. The molecule has 0 aliphatic carbocycles. The summed E-state index contributed by atoms with van der Waals surface area (Å²) < 4.78 is 0. The van der Waals surface area contributed by atoms with Crippen LogP contribution in [0.1, 0.15) is 33.6 Å². The second-order valence-corrected chi connectivity index (χ2v) is 5.77. The molecule has 6 heteroatoms. The molecule has 5 nitrogen and oxygen atoms in total. The summed E-state index contributed by atoms with van der Waals surface area (Å²) in [6.45, 7) is 6.74. The standard InChI is InChI=1S/C12H24N2O3S/c1-9(2)14(8-6-11(15)16)12(17)13-7-5-10(3)18-4/h9-10H,5-8H2,1-4H3,(H,13,17)(H,15,16). The first-order valence-electron chi connectivity index (χ1n) is 6.17. The summed E-state index contributed by atoms with van der Waals surface area (Å²) in [6, 6.07) is -0.179. The molecule has 0 aromatic heterocycles. The van der Waals surface area contributed by atoms with Crippen molar-refractivity contribution in [1.29, 1.82) is 0 Å². The van der Waals surface area contributed by atoms with E-state index in [0.717, 1.165) is 6.42 Å². The number of hydrogen-bond donors (Lipinski definition) is 2. The minimum Gasteiger partial charge on any atom is -0.481 e. The lowest BCUT2D eigenvalue weighted by Crippen LogP contribution is -2.45. The molecule has 0 aliphatic rings. The van der Waals surface area contributed by atoms with Crippen molar-refractivity contribution in [2.75, 3.05) is 19.3 Å². The fourth-order valence-electron chi connectivity index (χ4n) is 1.41. The van der Waals surface area contributed by atoms with Crippen LogP contribution in [0.4, 0.5) is 4.79 Å². The van der Waals surface area contributed by atoms with Crippen LogP contribution in [0.3, 0.4) is 0 Å². The molecule has 2 N–H and O–H groups in total. The topological polar surface area (TPSA) is 69.6 Å². The summed E-state index contributed by atoms with van der Waals surface area (Å²) in [5, 5.41) is 12.0. The molecule has 0 spiro atoms. The molecule has 106 valence electrons. The Morgan fingerprint density at radius 1 is 1.33 bits per heavy atom. The lowest BCUT2D eigenvalue weighted by atomic mass is 10.3. The number of carboxylic acids is 1. The van der Waals surface area contributed by atoms with Crippen LogP contribution in [-0.2, 0) is 4.79 Å². The highest BCUT2D eigenvalue weighted by Gasteiger charge is 2.17. The summed E-state index contributed by atoms with van der Waals surface area (Å²) in [5.74, 6) is -0.885. The molecule has 0 saturated carbocycles. The summed E-state index contributed by atoms with van der Waals surface area (Å²) in [5.41, 5.74) is 0. The number of carbonyl (C=O) groups excluding carboxylic acids is 1. The molecule has 0 fully saturated rings. The molecule has 0 radical (unpaired) electrons. The van der Waals surface area contributed by atoms with Gasteiger partial charge >= 0.3 is 12.0 Å². The van der Waals surface area contributed by atoms with Gasteiger partial charge in [0, 0.05) is 24.4 Å². The zero-order valence-electron chi connectivity index (χ0n) is 11.6. The highest BCUT2D eigenvalue weighted by atomic mass is 32.2. The number of nitrogens with zero attached hydrogens (tertiary/aromatic N) is 1. The first-order chi connectivity index (χ1) is 8.38. The quantitative estimate of drug-likeness (QED) is 0.711. The SMILES string of the molecule is CSC(C)CCNC(=O)N(CCC(=O)O)C(C)C. The van der Waals surface area contributed by atoms with Gasteiger partial charge in [0.15, 0.2) is 0 Å². The molecule has 0 rings (SSSR count). The average Bonchev–Trinajstić information content (AvgIpc) is 2.28. The second-order valence-electron chi connectivity index (χ2n) is 4.50. The Morgan fingerprint density at radius 2 is 1.94 bits per heavy atom. The number of carboxylic acid groups (broad SMARTS) is 1. The van der Waals surface area contributed by atoms with Gasteiger partial charge in [-0.05, 0) is 26.5 Å². The maximum Gasteiger partial charge on any atom is 0.317 e. The molecule has 0 saturated heterocycles. The predicted molar refractivity (Wildman–Crippen MR) is 75.1 cm³/mol. The van der Waals surface area contributed by atoms with Crippen LogP contribution in [0.5, 0.6) is 0 Å². The molecule has 1 unspecified atom stereocenters. The van der Waals surface area contributed by atoms with Crippen molar-refractivity contribution >= 4 is 23.8 Å². The van der Waals surface area contributed by atoms with Crippen LogP contribution in [0.2, 0.25) is 0 Å². The highest BCUT2D eigenvalue weighted by Crippen LogP contribution is 2.08. The Kier molecular flexibility index (Phi) is 8.62. The zero-order valence-corrected chi connectivity index (χ0v) is 12.4. The number of urea groups is 1. The molecular formula is C12H24N2O3S. The summed E-state index contributed by atoms with van der Waals surface area (Å²) in [4.78, 5) is 24.0. The van der Waals surface area contributed by atoms with E-state index >= 15 is 0 Å². The third kappa shape index (κ3) is 7.42. The van der Waals surface area contributed by atoms with E-state index in [1.807, 2.05) is 20.1 Å². The van der Waals surface area contributed by atoms with Gasteiger partial charge in [0.25, 0.3) is 0 Å². The van der Waals surface area contributed by atoms with Crippen molar-refractivity contribution < 1.29 is 14.7 Å². The van der Waals surface area contributed by atoms with E-state index in [2.05, 4.69) is 12.2 Å². The van der Waals surface area contributed by atoms with Gasteiger partial charge in [-0.1, -0.05) is 6.92 Å². The van der Waals surface area contributed by atoms with E-state index in [9.17, 15) is 9.59 Å². The number of carbonyl (C=O) groups is 2. The lowest BCUT2D eigenvalue weighted by Gasteiger charge is -2.26. The Labute approximate surface area is 113 Å². The van der Waals surface area contributed by atoms with E-state index in [1.54, 1.807) is 16.7 Å². The van der Waals surface area contributed by atoms with Crippen LogP contribution in [0.25, 0.3) is 0 Å². The van der Waals surface area contributed by atoms with Gasteiger partial charge in [-0.2, -0.15) is 11.8 Å². The lowest BCUT2D eigenvalue weighted by molar-refractivity contribution is -0.137. The van der Waals surface area contributed by atoms with Crippen LogP contribution in [-0.4, -0.2) is 52.6 Å². The predicted octanol–water partition coefficient (Wildman–Crippen LogP) is 2.02. The van der Waals surface area contributed by atoms with E-state index in [1.165, 1.54) is 0 Å². The Morgan fingerprint density at radius 3 is 2.39 bits per heavy atom. The van der Waals surface area contributed by atoms with Gasteiger partial charge in [-0.15, -0.1) is 0 Å². The summed E-state index contributed by atoms with van der Waals surface area (Å²) in [7, 11) is 0. The molecular weight excluding hydrogens is 252 g/mol. The maximum absolute atomic E-state index is 11.9. The minimum absolute atomic E-state index is 0.00215. The molecule has 0 aliphatic heterocycles. The first kappa shape index (κ1) is 17.1. The normalized spacial score (nSPS) is 12.3. The fourth-order valence-corrected chi connectivity index (χ4v) is 1.77. The van der Waals surface area contributed by atoms with Crippen molar-refractivity contribution in [3.05, 3.63) is 0 Å².